The topological polar surface area (TPSA) is 77.9 Å². The fourth-order valence-electron chi connectivity index (χ4n) is 2.52. The number of anilines is 1. The maximum absolute atomic E-state index is 12.5. The Bertz CT molecular complexity index is 792. The monoisotopic (exact) mass is 344 g/mol. The minimum absolute atomic E-state index is 0.227. The molecular formula is C17H13ClN2O4. The van der Waals surface area contributed by atoms with Gasteiger partial charge in [0, 0.05) is 10.6 Å². The second-order valence-corrected chi connectivity index (χ2v) is 5.72. The van der Waals surface area contributed by atoms with E-state index in [0.29, 0.717) is 15.8 Å². The van der Waals surface area contributed by atoms with E-state index in [1.807, 2.05) is 0 Å². The predicted molar refractivity (Wildman–Crippen MR) is 86.7 cm³/mol. The molecule has 1 aliphatic rings. The van der Waals surface area contributed by atoms with E-state index in [1.54, 1.807) is 30.3 Å². The summed E-state index contributed by atoms with van der Waals surface area (Å²) in [5, 5.41) is 10.9. The number of halogens is 1. The highest BCUT2D eigenvalue weighted by molar-refractivity contribution is 6.30. The summed E-state index contributed by atoms with van der Waals surface area (Å²) in [6.07, 6.45) is -0.281. The van der Waals surface area contributed by atoms with Crippen molar-refractivity contribution < 1.29 is 19.6 Å². The molecule has 0 aromatic heterocycles. The number of amides is 3. The number of hydroxylamine groups is 2. The first-order chi connectivity index (χ1) is 11.5. The quantitative estimate of drug-likeness (QED) is 0.527. The van der Waals surface area contributed by atoms with Crippen LogP contribution >= 0.6 is 11.6 Å². The van der Waals surface area contributed by atoms with Gasteiger partial charge in [0.15, 0.2) is 0 Å². The van der Waals surface area contributed by atoms with Gasteiger partial charge in [-0.15, -0.1) is 0 Å². The van der Waals surface area contributed by atoms with Gasteiger partial charge in [-0.3, -0.25) is 19.6 Å². The van der Waals surface area contributed by atoms with Crippen molar-refractivity contribution in [2.24, 2.45) is 0 Å². The molecule has 0 unspecified atom stereocenters. The zero-order valence-electron chi connectivity index (χ0n) is 12.4. The van der Waals surface area contributed by atoms with E-state index in [0.717, 1.165) is 4.90 Å². The molecule has 6 nitrogen and oxygen atoms in total. The zero-order chi connectivity index (χ0) is 17.3. The zero-order valence-corrected chi connectivity index (χ0v) is 13.2. The van der Waals surface area contributed by atoms with Crippen molar-refractivity contribution in [2.75, 3.05) is 4.90 Å². The molecule has 1 N–H and O–H groups in total. The third-order valence-electron chi connectivity index (χ3n) is 3.73. The van der Waals surface area contributed by atoms with Gasteiger partial charge in [-0.2, -0.15) is 0 Å². The van der Waals surface area contributed by atoms with Gasteiger partial charge in [-0.1, -0.05) is 29.8 Å². The second kappa shape index (κ2) is 6.43. The van der Waals surface area contributed by atoms with E-state index < -0.39 is 23.8 Å². The third-order valence-corrected chi connectivity index (χ3v) is 3.98. The van der Waals surface area contributed by atoms with Crippen molar-refractivity contribution in [2.45, 2.75) is 12.5 Å². The van der Waals surface area contributed by atoms with E-state index in [9.17, 15) is 19.6 Å². The molecule has 0 spiro atoms. The summed E-state index contributed by atoms with van der Waals surface area (Å²) in [6.45, 7) is 0. The van der Waals surface area contributed by atoms with Crippen molar-refractivity contribution in [1.29, 1.82) is 0 Å². The summed E-state index contributed by atoms with van der Waals surface area (Å²) in [6, 6.07) is 13.0. The van der Waals surface area contributed by atoms with Crippen LogP contribution < -0.4 is 4.90 Å². The lowest BCUT2D eigenvalue weighted by atomic mass is 10.1. The summed E-state index contributed by atoms with van der Waals surface area (Å²) in [7, 11) is 0. The Morgan fingerprint density at radius 1 is 1.08 bits per heavy atom. The van der Waals surface area contributed by atoms with Crippen LogP contribution in [0.2, 0.25) is 5.02 Å². The van der Waals surface area contributed by atoms with Gasteiger partial charge in [0.1, 0.15) is 6.04 Å². The van der Waals surface area contributed by atoms with Crippen LogP contribution in [0.25, 0.3) is 0 Å². The number of imide groups is 1. The molecule has 3 rings (SSSR count). The lowest BCUT2D eigenvalue weighted by molar-refractivity contribution is -0.135. The molecule has 1 aliphatic heterocycles. The molecular weight excluding hydrogens is 332 g/mol. The molecule has 122 valence electrons. The summed E-state index contributed by atoms with van der Waals surface area (Å²) in [4.78, 5) is 37.9. The van der Waals surface area contributed by atoms with Crippen LogP contribution in [0.15, 0.2) is 54.6 Å². The van der Waals surface area contributed by atoms with Crippen LogP contribution in [0.1, 0.15) is 16.8 Å². The molecule has 0 radical (unpaired) electrons. The first-order valence-electron chi connectivity index (χ1n) is 7.19. The highest BCUT2D eigenvalue weighted by Gasteiger charge is 2.44. The van der Waals surface area contributed by atoms with Gasteiger partial charge in [0.2, 0.25) is 5.91 Å². The maximum atomic E-state index is 12.5. The Kier molecular flexibility index (Phi) is 4.33. The average Bonchev–Trinajstić information content (AvgIpc) is 2.90. The highest BCUT2D eigenvalue weighted by atomic mass is 35.5. The molecule has 3 amide bonds. The van der Waals surface area contributed by atoms with E-state index in [1.165, 1.54) is 24.3 Å². The Morgan fingerprint density at radius 2 is 1.71 bits per heavy atom. The minimum Gasteiger partial charge on any atom is -0.285 e. The van der Waals surface area contributed by atoms with Gasteiger partial charge >= 0.3 is 0 Å². The fourth-order valence-corrected chi connectivity index (χ4v) is 2.65. The summed E-state index contributed by atoms with van der Waals surface area (Å²) in [5.41, 5.74) is 0.572. The Balaban J connectivity index is 1.83. The molecule has 1 heterocycles. The summed E-state index contributed by atoms with van der Waals surface area (Å²) >= 11 is 5.80. The lowest BCUT2D eigenvalue weighted by Crippen LogP contribution is -2.43. The minimum atomic E-state index is -1.25. The number of benzene rings is 2. The molecule has 0 bridgehead atoms. The molecule has 2 aromatic rings. The van der Waals surface area contributed by atoms with Crippen LogP contribution in [-0.4, -0.2) is 34.0 Å². The smallest absolute Gasteiger partial charge is 0.277 e. The van der Waals surface area contributed by atoms with Gasteiger partial charge in [-0.25, -0.2) is 9.96 Å². The van der Waals surface area contributed by atoms with E-state index in [-0.39, 0.29) is 12.0 Å². The molecule has 0 aliphatic carbocycles. The van der Waals surface area contributed by atoms with Crippen LogP contribution in [-0.2, 0) is 9.59 Å². The van der Waals surface area contributed by atoms with Crippen molar-refractivity contribution in [3.8, 4) is 0 Å². The van der Waals surface area contributed by atoms with Crippen LogP contribution in [0.4, 0.5) is 5.69 Å². The summed E-state index contributed by atoms with van der Waals surface area (Å²) in [5.74, 6) is -1.89. The van der Waals surface area contributed by atoms with E-state index in [4.69, 9.17) is 11.6 Å². The van der Waals surface area contributed by atoms with Crippen LogP contribution in [0.5, 0.6) is 0 Å². The molecule has 2 aromatic carbocycles. The Morgan fingerprint density at radius 3 is 2.33 bits per heavy atom. The van der Waals surface area contributed by atoms with Gasteiger partial charge in [0.05, 0.1) is 12.1 Å². The first kappa shape index (κ1) is 16.2. The van der Waals surface area contributed by atoms with E-state index >= 15 is 0 Å². The number of nitrogens with zero attached hydrogens (tertiary/aromatic N) is 2. The molecule has 1 fully saturated rings. The number of carbonyl (C=O) groups excluding carboxylic acids is 3. The number of hydrogen-bond donors (Lipinski definition) is 1. The van der Waals surface area contributed by atoms with Crippen molar-refractivity contribution in [3.63, 3.8) is 0 Å². The average molecular weight is 345 g/mol. The second-order valence-electron chi connectivity index (χ2n) is 5.28. The third kappa shape index (κ3) is 2.89. The Hall–Kier alpha value is -2.70. The standard InChI is InChI=1S/C17H13ClN2O4/c18-12-6-8-13(9-7-12)19-15(21)10-14(17(19)23)20(24)16(22)11-4-2-1-3-5-11/h1-9,14,24H,10H2/t14-/m1/s1. The normalized spacial score (nSPS) is 17.2. The van der Waals surface area contributed by atoms with E-state index in [2.05, 4.69) is 0 Å². The predicted octanol–water partition coefficient (Wildman–Crippen LogP) is 2.50. The molecule has 1 saturated heterocycles. The van der Waals surface area contributed by atoms with Crippen LogP contribution in [0.3, 0.4) is 0 Å². The molecule has 24 heavy (non-hydrogen) atoms. The van der Waals surface area contributed by atoms with Gasteiger partial charge in [-0.05, 0) is 36.4 Å². The largest absolute Gasteiger partial charge is 0.285 e. The number of carbonyl (C=O) groups is 3. The molecule has 7 heteroatoms. The lowest BCUT2D eigenvalue weighted by Gasteiger charge is -2.21. The first-order valence-corrected chi connectivity index (χ1v) is 7.56. The molecule has 1 atom stereocenters. The molecule has 0 saturated carbocycles. The van der Waals surface area contributed by atoms with Gasteiger partial charge < -0.3 is 0 Å². The van der Waals surface area contributed by atoms with Crippen LogP contribution in [0, 0.1) is 0 Å². The van der Waals surface area contributed by atoms with Crippen molar-refractivity contribution >= 4 is 35.0 Å². The SMILES string of the molecule is O=C1C[C@@H](N(O)C(=O)c2ccccc2)C(=O)N1c1ccc(Cl)cc1. The number of hydrogen-bond acceptors (Lipinski definition) is 4. The van der Waals surface area contributed by atoms with Gasteiger partial charge in [0.25, 0.3) is 11.8 Å². The fraction of sp³-hybridized carbons (Fsp3) is 0.118. The van der Waals surface area contributed by atoms with Crippen molar-refractivity contribution in [1.82, 2.24) is 5.06 Å². The number of rotatable bonds is 3. The van der Waals surface area contributed by atoms with Crippen molar-refractivity contribution in [3.05, 3.63) is 65.2 Å². The maximum Gasteiger partial charge on any atom is 0.277 e. The highest BCUT2D eigenvalue weighted by Crippen LogP contribution is 2.26. The Labute approximate surface area is 142 Å². The summed E-state index contributed by atoms with van der Waals surface area (Å²) < 4.78 is 0.